The van der Waals surface area contributed by atoms with E-state index >= 15 is 0 Å². The van der Waals surface area contributed by atoms with Crippen molar-refractivity contribution >= 4 is 34.0 Å². The average molecular weight is 428 g/mol. The Morgan fingerprint density at radius 1 is 1.23 bits per heavy atom. The first-order valence-corrected chi connectivity index (χ1v) is 9.11. The molecule has 3 aromatic rings. The lowest BCUT2D eigenvalue weighted by Crippen LogP contribution is -2.29. The van der Waals surface area contributed by atoms with Crippen LogP contribution in [0.25, 0.3) is 10.8 Å². The molecule has 1 amide bonds. The molecule has 0 radical (unpaired) electrons. The zero-order valence-electron chi connectivity index (χ0n) is 16.5. The van der Waals surface area contributed by atoms with Crippen LogP contribution in [-0.2, 0) is 9.53 Å². The first-order valence-electron chi connectivity index (χ1n) is 9.11. The summed E-state index contributed by atoms with van der Waals surface area (Å²) in [6, 6.07) is 8.65. The Hall–Kier alpha value is -4.15. The van der Waals surface area contributed by atoms with Gasteiger partial charge in [-0.3, -0.25) is 19.7 Å². The zero-order chi connectivity index (χ0) is 22.7. The number of esters is 1. The Labute approximate surface area is 174 Å². The van der Waals surface area contributed by atoms with Gasteiger partial charge in [0.05, 0.1) is 22.0 Å². The third kappa shape index (κ3) is 4.55. The van der Waals surface area contributed by atoms with Gasteiger partial charge in [0.1, 0.15) is 5.82 Å². The second-order valence-corrected chi connectivity index (χ2v) is 6.78. The highest BCUT2D eigenvalue weighted by atomic mass is 19.1. The fourth-order valence-electron chi connectivity index (χ4n) is 2.82. The van der Waals surface area contributed by atoms with E-state index < -0.39 is 40.6 Å². The van der Waals surface area contributed by atoms with E-state index in [-0.39, 0.29) is 28.1 Å². The third-order valence-corrected chi connectivity index (χ3v) is 4.28. The van der Waals surface area contributed by atoms with Gasteiger partial charge in [0.2, 0.25) is 0 Å². The molecule has 0 aliphatic carbocycles. The summed E-state index contributed by atoms with van der Waals surface area (Å²) in [7, 11) is 0. The number of carbonyl (C=O) groups excluding carboxylic acids is 2. The van der Waals surface area contributed by atoms with E-state index in [1.165, 1.54) is 6.07 Å². The standard InChI is InChI=1S/C20H17FN4O6/c1-11(2)24-19(27)14-6-4-3-5-13(14)18(23-24)20(28)31-10-17(26)22-16-9-12(25(29)30)7-8-15(16)21/h3-9,11H,10H2,1-2H3,(H,22,26). The lowest BCUT2D eigenvalue weighted by molar-refractivity contribution is -0.384. The molecule has 0 saturated carbocycles. The molecule has 0 aliphatic heterocycles. The molecular weight excluding hydrogens is 411 g/mol. The van der Waals surface area contributed by atoms with Crippen molar-refractivity contribution in [2.24, 2.45) is 0 Å². The number of amides is 1. The fraction of sp³-hybridized carbons (Fsp3) is 0.200. The molecule has 0 saturated heterocycles. The number of non-ortho nitro benzene ring substituents is 1. The van der Waals surface area contributed by atoms with Crippen LogP contribution < -0.4 is 10.9 Å². The molecule has 0 atom stereocenters. The lowest BCUT2D eigenvalue weighted by Gasteiger charge is -2.13. The summed E-state index contributed by atoms with van der Waals surface area (Å²) in [6.45, 7) is 2.65. The van der Waals surface area contributed by atoms with Crippen molar-refractivity contribution in [1.29, 1.82) is 0 Å². The number of benzene rings is 2. The van der Waals surface area contributed by atoms with Crippen LogP contribution in [0.15, 0.2) is 47.3 Å². The quantitative estimate of drug-likeness (QED) is 0.362. The number of anilines is 1. The van der Waals surface area contributed by atoms with Crippen molar-refractivity contribution in [2.45, 2.75) is 19.9 Å². The summed E-state index contributed by atoms with van der Waals surface area (Å²) in [5.41, 5.74) is -1.37. The van der Waals surface area contributed by atoms with Crippen LogP contribution in [0.2, 0.25) is 0 Å². The van der Waals surface area contributed by atoms with E-state index in [9.17, 15) is 28.9 Å². The second-order valence-electron chi connectivity index (χ2n) is 6.78. The monoisotopic (exact) mass is 428 g/mol. The van der Waals surface area contributed by atoms with Crippen LogP contribution in [-0.4, -0.2) is 33.2 Å². The number of fused-ring (bicyclic) bond motifs is 1. The predicted molar refractivity (Wildman–Crippen MR) is 108 cm³/mol. The maximum Gasteiger partial charge on any atom is 0.359 e. The molecule has 2 aromatic carbocycles. The Bertz CT molecular complexity index is 1250. The number of hydrogen-bond donors (Lipinski definition) is 1. The number of hydrogen-bond acceptors (Lipinski definition) is 7. The molecule has 31 heavy (non-hydrogen) atoms. The van der Waals surface area contributed by atoms with Crippen molar-refractivity contribution in [2.75, 3.05) is 11.9 Å². The molecule has 0 spiro atoms. The molecule has 10 nitrogen and oxygen atoms in total. The van der Waals surface area contributed by atoms with Crippen molar-refractivity contribution in [3.05, 3.63) is 74.4 Å². The van der Waals surface area contributed by atoms with E-state index in [1.807, 2.05) is 0 Å². The molecule has 0 aliphatic rings. The number of nitro groups is 1. The van der Waals surface area contributed by atoms with E-state index in [1.54, 1.807) is 32.0 Å². The van der Waals surface area contributed by atoms with Gasteiger partial charge in [-0.05, 0) is 26.0 Å². The number of nitro benzene ring substituents is 1. The Morgan fingerprint density at radius 2 is 1.90 bits per heavy atom. The van der Waals surface area contributed by atoms with Gasteiger partial charge in [-0.1, -0.05) is 18.2 Å². The zero-order valence-corrected chi connectivity index (χ0v) is 16.5. The first kappa shape index (κ1) is 21.6. The summed E-state index contributed by atoms with van der Waals surface area (Å²) in [6.07, 6.45) is 0. The van der Waals surface area contributed by atoms with Crippen LogP contribution in [0.1, 0.15) is 30.4 Å². The Morgan fingerprint density at radius 3 is 2.55 bits per heavy atom. The summed E-state index contributed by atoms with van der Waals surface area (Å²) in [5, 5.41) is 17.5. The van der Waals surface area contributed by atoms with Gasteiger partial charge >= 0.3 is 5.97 Å². The van der Waals surface area contributed by atoms with Crippen LogP contribution in [0, 0.1) is 15.9 Å². The Kier molecular flexibility index (Phi) is 6.05. The predicted octanol–water partition coefficient (Wildman–Crippen LogP) is 2.82. The summed E-state index contributed by atoms with van der Waals surface area (Å²) >= 11 is 0. The van der Waals surface area contributed by atoms with Crippen LogP contribution >= 0.6 is 0 Å². The third-order valence-electron chi connectivity index (χ3n) is 4.28. The van der Waals surface area contributed by atoms with Gasteiger partial charge in [0.15, 0.2) is 12.3 Å². The first-order chi connectivity index (χ1) is 14.7. The molecule has 3 rings (SSSR count). The minimum atomic E-state index is -0.958. The van der Waals surface area contributed by atoms with E-state index in [0.717, 1.165) is 22.9 Å². The SMILES string of the molecule is CC(C)n1nc(C(=O)OCC(=O)Nc2cc([N+](=O)[O-])ccc2F)c2ccccc2c1=O. The van der Waals surface area contributed by atoms with Crippen molar-refractivity contribution in [1.82, 2.24) is 9.78 Å². The molecule has 0 unspecified atom stereocenters. The van der Waals surface area contributed by atoms with Crippen molar-refractivity contribution in [3.8, 4) is 0 Å². The molecule has 1 N–H and O–H groups in total. The maximum absolute atomic E-state index is 13.8. The average Bonchev–Trinajstić information content (AvgIpc) is 2.73. The summed E-state index contributed by atoms with van der Waals surface area (Å²) < 4.78 is 19.9. The van der Waals surface area contributed by atoms with Crippen molar-refractivity contribution < 1.29 is 23.6 Å². The summed E-state index contributed by atoms with van der Waals surface area (Å²) in [4.78, 5) is 47.2. The number of halogens is 1. The van der Waals surface area contributed by atoms with E-state index in [4.69, 9.17) is 4.74 Å². The minimum absolute atomic E-state index is 0.154. The highest BCUT2D eigenvalue weighted by Crippen LogP contribution is 2.21. The summed E-state index contributed by atoms with van der Waals surface area (Å²) in [5.74, 6) is -2.75. The largest absolute Gasteiger partial charge is 0.451 e. The van der Waals surface area contributed by atoms with Gasteiger partial charge in [-0.15, -0.1) is 0 Å². The normalized spacial score (nSPS) is 10.8. The second kappa shape index (κ2) is 8.69. The number of nitrogens with zero attached hydrogens (tertiary/aromatic N) is 3. The fourth-order valence-corrected chi connectivity index (χ4v) is 2.82. The molecule has 0 bridgehead atoms. The van der Waals surface area contributed by atoms with Gasteiger partial charge in [0, 0.05) is 17.5 Å². The Balaban J connectivity index is 1.80. The maximum atomic E-state index is 13.8. The van der Waals surface area contributed by atoms with Gasteiger partial charge in [-0.2, -0.15) is 5.10 Å². The van der Waals surface area contributed by atoms with E-state index in [2.05, 4.69) is 10.4 Å². The van der Waals surface area contributed by atoms with Crippen LogP contribution in [0.3, 0.4) is 0 Å². The highest BCUT2D eigenvalue weighted by Gasteiger charge is 2.20. The molecule has 160 valence electrons. The number of rotatable bonds is 6. The van der Waals surface area contributed by atoms with Crippen molar-refractivity contribution in [3.63, 3.8) is 0 Å². The number of carbonyl (C=O) groups is 2. The number of nitrogens with one attached hydrogen (secondary N) is 1. The molecule has 1 heterocycles. The minimum Gasteiger partial charge on any atom is -0.451 e. The molecule has 1 aromatic heterocycles. The number of aromatic nitrogens is 2. The van der Waals surface area contributed by atoms with Gasteiger partial charge in [-0.25, -0.2) is 13.9 Å². The number of ether oxygens (including phenoxy) is 1. The van der Waals surface area contributed by atoms with Gasteiger partial charge in [0.25, 0.3) is 17.2 Å². The molecule has 0 fully saturated rings. The molecular formula is C20H17FN4O6. The van der Waals surface area contributed by atoms with Gasteiger partial charge < -0.3 is 10.1 Å². The topological polar surface area (TPSA) is 133 Å². The lowest BCUT2D eigenvalue weighted by atomic mass is 10.1. The smallest absolute Gasteiger partial charge is 0.359 e. The van der Waals surface area contributed by atoms with Crippen LogP contribution in [0.5, 0.6) is 0 Å². The highest BCUT2D eigenvalue weighted by molar-refractivity contribution is 6.03. The van der Waals surface area contributed by atoms with Crippen LogP contribution in [0.4, 0.5) is 15.8 Å². The van der Waals surface area contributed by atoms with E-state index in [0.29, 0.717) is 0 Å². The molecule has 11 heteroatoms.